The Kier molecular flexibility index (Phi) is 3.93. The molecule has 0 spiro atoms. The van der Waals surface area contributed by atoms with Crippen LogP contribution in [0, 0.1) is 22.9 Å². The zero-order valence-corrected chi connectivity index (χ0v) is 10.3. The topological polar surface area (TPSA) is 59.1 Å². The van der Waals surface area contributed by atoms with E-state index in [-0.39, 0.29) is 23.5 Å². The van der Waals surface area contributed by atoms with E-state index in [9.17, 15) is 13.2 Å². The molecule has 20 heavy (non-hydrogen) atoms. The van der Waals surface area contributed by atoms with E-state index in [1.165, 1.54) is 24.3 Å². The Morgan fingerprint density at radius 2 is 1.85 bits per heavy atom. The second-order valence-electron chi connectivity index (χ2n) is 4.06. The van der Waals surface area contributed by atoms with E-state index in [1.807, 2.05) is 0 Å². The molecule has 0 radical (unpaired) electrons. The van der Waals surface area contributed by atoms with Crippen molar-refractivity contribution in [3.05, 3.63) is 65.0 Å². The molecule has 104 valence electrons. The summed E-state index contributed by atoms with van der Waals surface area (Å²) in [5, 5.41) is 7.23. The zero-order chi connectivity index (χ0) is 14.7. The maximum atomic E-state index is 13.9. The van der Waals surface area contributed by atoms with Gasteiger partial charge in [-0.05, 0) is 18.2 Å². The third-order valence-electron chi connectivity index (χ3n) is 2.65. The second kappa shape index (κ2) is 5.64. The predicted octanol–water partition coefficient (Wildman–Crippen LogP) is 2.97. The van der Waals surface area contributed by atoms with Crippen LogP contribution in [0.4, 0.5) is 13.2 Å². The van der Waals surface area contributed by atoms with Crippen molar-refractivity contribution in [1.82, 2.24) is 0 Å². The number of hydrogen-bond donors (Lipinski definition) is 2. The molecule has 0 amide bonds. The summed E-state index contributed by atoms with van der Waals surface area (Å²) in [6, 6.07) is 7.41. The van der Waals surface area contributed by atoms with E-state index in [2.05, 4.69) is 0 Å². The van der Waals surface area contributed by atoms with Crippen LogP contribution in [0.1, 0.15) is 11.1 Å². The monoisotopic (exact) mass is 280 g/mol. The molecular formula is C14H11F3N2O. The van der Waals surface area contributed by atoms with Gasteiger partial charge in [0.2, 0.25) is 0 Å². The van der Waals surface area contributed by atoms with Crippen molar-refractivity contribution in [2.75, 3.05) is 0 Å². The third kappa shape index (κ3) is 2.90. The smallest absolute Gasteiger partial charge is 0.162 e. The van der Waals surface area contributed by atoms with Crippen LogP contribution in [0.2, 0.25) is 0 Å². The van der Waals surface area contributed by atoms with E-state index in [0.717, 1.165) is 12.1 Å². The fourth-order valence-corrected chi connectivity index (χ4v) is 1.63. The fourth-order valence-electron chi connectivity index (χ4n) is 1.63. The van der Waals surface area contributed by atoms with Crippen molar-refractivity contribution in [3.63, 3.8) is 0 Å². The third-order valence-corrected chi connectivity index (χ3v) is 2.65. The molecule has 0 saturated carbocycles. The second-order valence-corrected chi connectivity index (χ2v) is 4.06. The van der Waals surface area contributed by atoms with Gasteiger partial charge in [0.25, 0.3) is 0 Å². The number of nitrogen functional groups attached to an aromatic ring is 1. The Hall–Kier alpha value is -2.50. The first-order chi connectivity index (χ1) is 9.49. The maximum Gasteiger partial charge on any atom is 0.162 e. The molecule has 6 heteroatoms. The SMILES string of the molecule is N=C(N)c1cccc(COc2ccc(F)c(F)c2)c1F. The molecule has 0 saturated heterocycles. The minimum atomic E-state index is -1.04. The van der Waals surface area contributed by atoms with Gasteiger partial charge >= 0.3 is 0 Å². The van der Waals surface area contributed by atoms with Gasteiger partial charge in [-0.15, -0.1) is 0 Å². The maximum absolute atomic E-state index is 13.9. The molecule has 2 aromatic rings. The Bertz CT molecular complexity index is 659. The number of hydrogen-bond acceptors (Lipinski definition) is 2. The number of ether oxygens (including phenoxy) is 1. The summed E-state index contributed by atoms with van der Waals surface area (Å²) in [5.74, 6) is -3.00. The van der Waals surface area contributed by atoms with Gasteiger partial charge in [-0.1, -0.05) is 12.1 Å². The van der Waals surface area contributed by atoms with Crippen LogP contribution < -0.4 is 10.5 Å². The quantitative estimate of drug-likeness (QED) is 0.668. The van der Waals surface area contributed by atoms with E-state index in [0.29, 0.717) is 0 Å². The number of rotatable bonds is 4. The van der Waals surface area contributed by atoms with Crippen molar-refractivity contribution in [2.45, 2.75) is 6.61 Å². The first kappa shape index (κ1) is 13.9. The van der Waals surface area contributed by atoms with Crippen molar-refractivity contribution in [2.24, 2.45) is 5.73 Å². The molecule has 0 unspecified atom stereocenters. The van der Waals surface area contributed by atoms with Crippen molar-refractivity contribution < 1.29 is 17.9 Å². The van der Waals surface area contributed by atoms with Crippen molar-refractivity contribution >= 4 is 5.84 Å². The van der Waals surface area contributed by atoms with E-state index >= 15 is 0 Å². The molecule has 0 bridgehead atoms. The Morgan fingerprint density at radius 1 is 1.10 bits per heavy atom. The lowest BCUT2D eigenvalue weighted by atomic mass is 10.1. The van der Waals surface area contributed by atoms with Crippen LogP contribution >= 0.6 is 0 Å². The highest BCUT2D eigenvalue weighted by Crippen LogP contribution is 2.19. The molecule has 0 aromatic heterocycles. The molecule has 2 rings (SSSR count). The summed E-state index contributed by atoms with van der Waals surface area (Å²) in [5.41, 5.74) is 5.38. The number of amidine groups is 1. The first-order valence-electron chi connectivity index (χ1n) is 5.68. The summed E-state index contributed by atoms with van der Waals surface area (Å²) in [6.45, 7) is -0.183. The summed E-state index contributed by atoms with van der Waals surface area (Å²) in [4.78, 5) is 0. The van der Waals surface area contributed by atoms with Gasteiger partial charge in [-0.25, -0.2) is 13.2 Å². The van der Waals surface area contributed by atoms with Gasteiger partial charge in [0.05, 0.1) is 5.56 Å². The highest BCUT2D eigenvalue weighted by molar-refractivity contribution is 5.95. The van der Waals surface area contributed by atoms with Crippen molar-refractivity contribution in [3.8, 4) is 5.75 Å². The Labute approximate surface area is 113 Å². The summed E-state index contributed by atoms with van der Waals surface area (Å²) in [6.07, 6.45) is 0. The first-order valence-corrected chi connectivity index (χ1v) is 5.68. The summed E-state index contributed by atoms with van der Waals surface area (Å²) < 4.78 is 44.8. The van der Waals surface area contributed by atoms with E-state index in [4.69, 9.17) is 15.9 Å². The van der Waals surface area contributed by atoms with Gasteiger partial charge < -0.3 is 10.5 Å². The van der Waals surface area contributed by atoms with Gasteiger partial charge in [-0.2, -0.15) is 0 Å². The standard InChI is InChI=1S/C14H11F3N2O/c15-11-5-4-9(6-12(11)16)20-7-8-2-1-3-10(13(8)17)14(18)19/h1-6H,7H2,(H3,18,19). The number of halogens is 3. The van der Waals surface area contributed by atoms with Crippen LogP contribution in [0.25, 0.3) is 0 Å². The fraction of sp³-hybridized carbons (Fsp3) is 0.0714. The molecule has 0 aliphatic carbocycles. The normalized spacial score (nSPS) is 10.3. The molecule has 0 aliphatic heterocycles. The molecule has 0 fully saturated rings. The average Bonchev–Trinajstić information content (AvgIpc) is 2.41. The molecule has 0 heterocycles. The predicted molar refractivity (Wildman–Crippen MR) is 68.1 cm³/mol. The largest absolute Gasteiger partial charge is 0.489 e. The van der Waals surface area contributed by atoms with E-state index < -0.39 is 23.3 Å². The lowest BCUT2D eigenvalue weighted by Crippen LogP contribution is -2.14. The van der Waals surface area contributed by atoms with Crippen LogP contribution in [-0.4, -0.2) is 5.84 Å². The Morgan fingerprint density at radius 3 is 2.50 bits per heavy atom. The van der Waals surface area contributed by atoms with Crippen LogP contribution in [0.3, 0.4) is 0 Å². The average molecular weight is 280 g/mol. The number of benzene rings is 2. The summed E-state index contributed by atoms with van der Waals surface area (Å²) in [7, 11) is 0. The van der Waals surface area contributed by atoms with E-state index in [1.54, 1.807) is 0 Å². The number of nitrogens with two attached hydrogens (primary N) is 1. The molecule has 2 aromatic carbocycles. The van der Waals surface area contributed by atoms with Gasteiger partial charge in [0, 0.05) is 11.6 Å². The number of nitrogens with one attached hydrogen (secondary N) is 1. The zero-order valence-electron chi connectivity index (χ0n) is 10.3. The van der Waals surface area contributed by atoms with Gasteiger partial charge in [0.1, 0.15) is 24.0 Å². The summed E-state index contributed by atoms with van der Waals surface area (Å²) >= 11 is 0. The molecule has 0 atom stereocenters. The minimum absolute atomic E-state index is 0.0311. The van der Waals surface area contributed by atoms with Crippen molar-refractivity contribution in [1.29, 1.82) is 5.41 Å². The molecule has 3 nitrogen and oxygen atoms in total. The molecule has 0 aliphatic rings. The highest BCUT2D eigenvalue weighted by atomic mass is 19.2. The molecule has 3 N–H and O–H groups in total. The molecular weight excluding hydrogens is 269 g/mol. The highest BCUT2D eigenvalue weighted by Gasteiger charge is 2.11. The van der Waals surface area contributed by atoms with Crippen LogP contribution in [0.15, 0.2) is 36.4 Å². The Balaban J connectivity index is 2.17. The lowest BCUT2D eigenvalue weighted by Gasteiger charge is -2.09. The van der Waals surface area contributed by atoms with Crippen LogP contribution in [0.5, 0.6) is 5.75 Å². The van der Waals surface area contributed by atoms with Gasteiger partial charge in [-0.3, -0.25) is 5.41 Å². The minimum Gasteiger partial charge on any atom is -0.489 e. The lowest BCUT2D eigenvalue weighted by molar-refractivity contribution is 0.297. The van der Waals surface area contributed by atoms with Gasteiger partial charge in [0.15, 0.2) is 11.6 Å². The van der Waals surface area contributed by atoms with Crippen LogP contribution in [-0.2, 0) is 6.61 Å².